The van der Waals surface area contributed by atoms with Crippen molar-refractivity contribution in [2.45, 2.75) is 26.1 Å². The fourth-order valence-electron chi connectivity index (χ4n) is 3.27. The van der Waals surface area contributed by atoms with Crippen molar-refractivity contribution in [1.82, 2.24) is 0 Å². The molecule has 0 amide bonds. The Morgan fingerprint density at radius 1 is 0.606 bits per heavy atom. The van der Waals surface area contributed by atoms with E-state index in [-0.39, 0.29) is 13.2 Å². The average molecular weight is 444 g/mol. The first-order valence-corrected chi connectivity index (χ1v) is 10.8. The van der Waals surface area contributed by atoms with Gasteiger partial charge in [0.25, 0.3) is 0 Å². The second-order valence-corrected chi connectivity index (χ2v) is 7.87. The minimum absolute atomic E-state index is 0.0664. The van der Waals surface area contributed by atoms with Crippen LogP contribution in [0.4, 0.5) is 0 Å². The van der Waals surface area contributed by atoms with Crippen LogP contribution in [0.25, 0.3) is 0 Å². The molecule has 0 saturated heterocycles. The third kappa shape index (κ3) is 6.07. The molecule has 0 aromatic heterocycles. The van der Waals surface area contributed by atoms with Crippen molar-refractivity contribution in [2.24, 2.45) is 5.92 Å². The maximum absolute atomic E-state index is 12.8. The molecule has 168 valence electrons. The topological polar surface area (TPSA) is 78.9 Å². The van der Waals surface area contributed by atoms with E-state index in [0.717, 1.165) is 12.8 Å². The lowest BCUT2D eigenvalue weighted by Gasteiger charge is -2.12. The number of carbonyl (C=O) groups is 3. The Morgan fingerprint density at radius 2 is 1.09 bits per heavy atom. The predicted molar refractivity (Wildman–Crippen MR) is 121 cm³/mol. The lowest BCUT2D eigenvalue weighted by molar-refractivity contribution is 0.0420. The molecule has 1 fully saturated rings. The van der Waals surface area contributed by atoms with Gasteiger partial charge in [-0.3, -0.25) is 0 Å². The van der Waals surface area contributed by atoms with Gasteiger partial charge in [0.15, 0.2) is 0 Å². The molecule has 1 aliphatic carbocycles. The molecule has 0 bridgehead atoms. The van der Waals surface area contributed by atoms with E-state index in [1.54, 1.807) is 72.8 Å². The van der Waals surface area contributed by atoms with E-state index < -0.39 is 17.9 Å². The lowest BCUT2D eigenvalue weighted by Crippen LogP contribution is -2.14. The largest absolute Gasteiger partial charge is 0.462 e. The molecule has 0 heterocycles. The Hall–Kier alpha value is -3.93. The van der Waals surface area contributed by atoms with Crippen LogP contribution in [0.1, 0.15) is 55.0 Å². The molecular formula is C27H24O6. The summed E-state index contributed by atoms with van der Waals surface area (Å²) in [5.41, 5.74) is 2.22. The molecule has 4 rings (SSSR count). The van der Waals surface area contributed by atoms with Gasteiger partial charge in [0.1, 0.15) is 13.2 Å². The van der Waals surface area contributed by atoms with Crippen LogP contribution in [0.3, 0.4) is 0 Å². The van der Waals surface area contributed by atoms with Crippen molar-refractivity contribution in [2.75, 3.05) is 6.61 Å². The summed E-state index contributed by atoms with van der Waals surface area (Å²) in [4.78, 5) is 37.4. The summed E-state index contributed by atoms with van der Waals surface area (Å²) >= 11 is 0. The number of esters is 3. The van der Waals surface area contributed by atoms with Gasteiger partial charge < -0.3 is 14.2 Å². The fraction of sp³-hybridized carbons (Fsp3) is 0.222. The monoisotopic (exact) mass is 444 g/mol. The van der Waals surface area contributed by atoms with E-state index in [9.17, 15) is 14.4 Å². The van der Waals surface area contributed by atoms with Crippen molar-refractivity contribution < 1.29 is 28.6 Å². The molecule has 1 saturated carbocycles. The summed E-state index contributed by atoms with van der Waals surface area (Å²) in [6.07, 6.45) is 2.18. The molecule has 3 aromatic carbocycles. The van der Waals surface area contributed by atoms with Gasteiger partial charge >= 0.3 is 17.9 Å². The number of benzene rings is 3. The molecular weight excluding hydrogens is 420 g/mol. The van der Waals surface area contributed by atoms with Crippen LogP contribution in [0.15, 0.2) is 78.9 Å². The fourth-order valence-corrected chi connectivity index (χ4v) is 3.27. The average Bonchev–Trinajstić information content (AvgIpc) is 3.70. The highest BCUT2D eigenvalue weighted by Gasteiger charge is 2.24. The van der Waals surface area contributed by atoms with Crippen molar-refractivity contribution in [3.8, 4) is 0 Å². The van der Waals surface area contributed by atoms with Gasteiger partial charge in [0.05, 0.1) is 23.3 Å². The number of hydrogen-bond acceptors (Lipinski definition) is 6. The van der Waals surface area contributed by atoms with Gasteiger partial charge in [-0.2, -0.15) is 0 Å². The SMILES string of the molecule is O=C(OCc1ccccc1C(=O)OCc1ccccc1C(=O)OCC1CC1)c1ccccc1. The molecule has 6 heteroatoms. The quantitative estimate of drug-likeness (QED) is 0.343. The summed E-state index contributed by atoms with van der Waals surface area (Å²) < 4.78 is 16.2. The van der Waals surface area contributed by atoms with Gasteiger partial charge in [-0.15, -0.1) is 0 Å². The minimum atomic E-state index is -0.567. The zero-order valence-corrected chi connectivity index (χ0v) is 18.1. The highest BCUT2D eigenvalue weighted by molar-refractivity contribution is 5.93. The molecule has 0 atom stereocenters. The second kappa shape index (κ2) is 10.6. The Labute approximate surface area is 192 Å². The maximum atomic E-state index is 12.8. The first-order valence-electron chi connectivity index (χ1n) is 10.8. The Kier molecular flexibility index (Phi) is 7.15. The second-order valence-electron chi connectivity index (χ2n) is 7.87. The summed E-state index contributed by atoms with van der Waals surface area (Å²) in [5, 5.41) is 0. The van der Waals surface area contributed by atoms with Crippen molar-refractivity contribution in [3.63, 3.8) is 0 Å². The van der Waals surface area contributed by atoms with Gasteiger partial charge in [0.2, 0.25) is 0 Å². The normalized spacial score (nSPS) is 12.6. The highest BCUT2D eigenvalue weighted by atomic mass is 16.5. The summed E-state index contributed by atoms with van der Waals surface area (Å²) in [6.45, 7) is 0.275. The number of ether oxygens (including phenoxy) is 3. The molecule has 33 heavy (non-hydrogen) atoms. The molecule has 6 nitrogen and oxygen atoms in total. The molecule has 1 aliphatic rings. The summed E-state index contributed by atoms with van der Waals surface area (Å²) in [5.74, 6) is -0.992. The van der Waals surface area contributed by atoms with E-state index in [4.69, 9.17) is 14.2 Å². The number of hydrogen-bond donors (Lipinski definition) is 0. The highest BCUT2D eigenvalue weighted by Crippen LogP contribution is 2.29. The Morgan fingerprint density at radius 3 is 1.67 bits per heavy atom. The molecule has 0 unspecified atom stereocenters. The van der Waals surface area contributed by atoms with Crippen LogP contribution in [0.5, 0.6) is 0 Å². The van der Waals surface area contributed by atoms with Crippen LogP contribution in [0, 0.1) is 5.92 Å². The van der Waals surface area contributed by atoms with E-state index >= 15 is 0 Å². The van der Waals surface area contributed by atoms with Gasteiger partial charge in [-0.25, -0.2) is 14.4 Å². The van der Waals surface area contributed by atoms with E-state index in [1.807, 2.05) is 6.07 Å². The van der Waals surface area contributed by atoms with Crippen molar-refractivity contribution in [3.05, 3.63) is 107 Å². The van der Waals surface area contributed by atoms with Crippen LogP contribution in [-0.4, -0.2) is 24.5 Å². The molecule has 0 spiro atoms. The smallest absolute Gasteiger partial charge is 0.338 e. The Balaban J connectivity index is 1.38. The van der Waals surface area contributed by atoms with Crippen molar-refractivity contribution >= 4 is 17.9 Å². The third-order valence-electron chi connectivity index (χ3n) is 5.35. The van der Waals surface area contributed by atoms with Crippen molar-refractivity contribution in [1.29, 1.82) is 0 Å². The first-order chi connectivity index (χ1) is 16.1. The summed E-state index contributed by atoms with van der Waals surface area (Å²) in [6, 6.07) is 22.3. The van der Waals surface area contributed by atoms with Crippen LogP contribution in [0.2, 0.25) is 0 Å². The van der Waals surface area contributed by atoms with Crippen LogP contribution in [-0.2, 0) is 27.4 Å². The van der Waals surface area contributed by atoms with E-state index in [2.05, 4.69) is 0 Å². The van der Waals surface area contributed by atoms with Gasteiger partial charge in [-0.1, -0.05) is 54.6 Å². The Bertz CT molecular complexity index is 1130. The maximum Gasteiger partial charge on any atom is 0.338 e. The summed E-state index contributed by atoms with van der Waals surface area (Å²) in [7, 11) is 0. The van der Waals surface area contributed by atoms with Gasteiger partial charge in [0, 0.05) is 11.1 Å². The zero-order chi connectivity index (χ0) is 23.0. The number of rotatable bonds is 9. The third-order valence-corrected chi connectivity index (χ3v) is 5.35. The molecule has 0 aliphatic heterocycles. The van der Waals surface area contributed by atoms with Crippen LogP contribution < -0.4 is 0 Å². The molecule has 0 radical (unpaired) electrons. The van der Waals surface area contributed by atoms with Gasteiger partial charge in [-0.05, 0) is 43.0 Å². The number of carbonyl (C=O) groups excluding carboxylic acids is 3. The minimum Gasteiger partial charge on any atom is -0.462 e. The van der Waals surface area contributed by atoms with E-state index in [0.29, 0.717) is 40.3 Å². The van der Waals surface area contributed by atoms with E-state index in [1.165, 1.54) is 0 Å². The predicted octanol–water partition coefficient (Wildman–Crippen LogP) is 4.97. The molecule has 0 N–H and O–H groups in total. The molecule has 3 aromatic rings. The zero-order valence-electron chi connectivity index (χ0n) is 18.1. The lowest BCUT2D eigenvalue weighted by atomic mass is 10.1. The standard InChI is InChI=1S/C27H24O6/c28-25(20-8-2-1-3-9-20)32-17-21-10-4-7-13-24(21)27(30)33-18-22-11-5-6-12-23(22)26(29)31-16-19-14-15-19/h1-13,19H,14-18H2. The van der Waals surface area contributed by atoms with Crippen LogP contribution >= 0.6 is 0 Å². The first kappa shape index (κ1) is 22.3.